The van der Waals surface area contributed by atoms with E-state index in [1.165, 1.54) is 0 Å². The maximum Gasteiger partial charge on any atom is 0.321 e. The predicted octanol–water partition coefficient (Wildman–Crippen LogP) is 1.34. The number of rotatable bonds is 7. The van der Waals surface area contributed by atoms with Gasteiger partial charge in [-0.25, -0.2) is 4.79 Å². The minimum Gasteiger partial charge on any atom is -0.338 e. The molecule has 122 valence electrons. The number of hydrogen-bond acceptors (Lipinski definition) is 2. The number of benzene rings is 1. The molecule has 0 aliphatic heterocycles. The zero-order valence-corrected chi connectivity index (χ0v) is 15.0. The molecule has 0 heterocycles. The Kier molecular flexibility index (Phi) is 8.12. The highest BCUT2D eigenvalue weighted by Crippen LogP contribution is 2.09. The summed E-state index contributed by atoms with van der Waals surface area (Å²) < 4.78 is 1.03. The quantitative estimate of drug-likeness (QED) is 0.677. The molecule has 0 saturated carbocycles. The van der Waals surface area contributed by atoms with Crippen molar-refractivity contribution in [1.82, 2.24) is 10.6 Å². The molecule has 0 radical (unpaired) electrons. The van der Waals surface area contributed by atoms with E-state index in [0.29, 0.717) is 12.5 Å². The Morgan fingerprint density at radius 2 is 1.86 bits per heavy atom. The molecule has 0 saturated heterocycles. The molecule has 0 aromatic heterocycles. The lowest BCUT2D eigenvalue weighted by molar-refractivity contribution is -0.885. The minimum atomic E-state index is -0.415. The number of urea groups is 1. The van der Waals surface area contributed by atoms with E-state index in [0.717, 1.165) is 27.9 Å². The third kappa shape index (κ3) is 8.14. The van der Waals surface area contributed by atoms with Gasteiger partial charge in [-0.05, 0) is 24.5 Å². The summed E-state index contributed by atoms with van der Waals surface area (Å²) in [5.41, 5.74) is 1.15. The highest BCUT2D eigenvalue weighted by Gasteiger charge is 2.13. The highest BCUT2D eigenvalue weighted by atomic mass is 79.9. The molecule has 0 bridgehead atoms. The molecule has 1 unspecified atom stereocenters. The number of likely N-dealkylation sites (N-methyl/N-ethyl adjacent to an activating group) is 1. The minimum absolute atomic E-state index is 0.258. The van der Waals surface area contributed by atoms with E-state index in [9.17, 15) is 9.59 Å². The van der Waals surface area contributed by atoms with Crippen LogP contribution in [0.4, 0.5) is 4.79 Å². The molecular weight excluding hydrogens is 346 g/mol. The van der Waals surface area contributed by atoms with Gasteiger partial charge in [-0.15, -0.1) is 0 Å². The molecule has 1 rings (SSSR count). The number of quaternary nitrogens is 1. The van der Waals surface area contributed by atoms with E-state index in [2.05, 4.69) is 40.4 Å². The standard InChI is InChI=1S/C16H24BrN3O2/c1-12(2)8-9-18-16(22)19-15(21)11-20(3)10-13-4-6-14(17)7-5-13/h4-7,12H,8-11H2,1-3H3,(H2,18,19,21,22)/p+1. The molecule has 5 nitrogen and oxygen atoms in total. The van der Waals surface area contributed by atoms with Crippen LogP contribution in [-0.4, -0.2) is 32.1 Å². The van der Waals surface area contributed by atoms with Crippen molar-refractivity contribution in [3.8, 4) is 0 Å². The topological polar surface area (TPSA) is 62.6 Å². The van der Waals surface area contributed by atoms with Gasteiger partial charge in [0.15, 0.2) is 6.54 Å². The van der Waals surface area contributed by atoms with Gasteiger partial charge in [-0.1, -0.05) is 41.9 Å². The van der Waals surface area contributed by atoms with Crippen LogP contribution in [0, 0.1) is 5.92 Å². The van der Waals surface area contributed by atoms with E-state index in [-0.39, 0.29) is 12.5 Å². The van der Waals surface area contributed by atoms with Crippen LogP contribution in [0.2, 0.25) is 0 Å². The monoisotopic (exact) mass is 370 g/mol. The Bertz CT molecular complexity index is 489. The summed E-state index contributed by atoms with van der Waals surface area (Å²) in [6.07, 6.45) is 0.899. The molecule has 3 N–H and O–H groups in total. The fourth-order valence-electron chi connectivity index (χ4n) is 1.98. The number of carbonyl (C=O) groups excluding carboxylic acids is 2. The molecule has 1 aromatic rings. The van der Waals surface area contributed by atoms with Crippen molar-refractivity contribution < 1.29 is 14.5 Å². The molecule has 3 amide bonds. The smallest absolute Gasteiger partial charge is 0.321 e. The first-order valence-corrected chi connectivity index (χ1v) is 8.29. The van der Waals surface area contributed by atoms with Gasteiger partial charge in [0.1, 0.15) is 6.54 Å². The predicted molar refractivity (Wildman–Crippen MR) is 90.6 cm³/mol. The van der Waals surface area contributed by atoms with Gasteiger partial charge in [-0.2, -0.15) is 0 Å². The first kappa shape index (κ1) is 18.6. The summed E-state index contributed by atoms with van der Waals surface area (Å²) in [6.45, 7) is 5.75. The van der Waals surface area contributed by atoms with Crippen LogP contribution in [0.3, 0.4) is 0 Å². The van der Waals surface area contributed by atoms with Crippen LogP contribution in [0.15, 0.2) is 28.7 Å². The van der Waals surface area contributed by atoms with Crippen molar-refractivity contribution in [2.24, 2.45) is 5.92 Å². The SMILES string of the molecule is CC(C)CCNC(=O)NC(=O)C[NH+](C)Cc1ccc(Br)cc1. The Hall–Kier alpha value is -1.40. The van der Waals surface area contributed by atoms with E-state index in [1.54, 1.807) is 0 Å². The van der Waals surface area contributed by atoms with Crippen molar-refractivity contribution in [1.29, 1.82) is 0 Å². The van der Waals surface area contributed by atoms with E-state index < -0.39 is 6.03 Å². The van der Waals surface area contributed by atoms with Crippen molar-refractivity contribution >= 4 is 27.9 Å². The van der Waals surface area contributed by atoms with Crippen molar-refractivity contribution in [2.75, 3.05) is 20.1 Å². The van der Waals surface area contributed by atoms with Gasteiger partial charge in [0.2, 0.25) is 0 Å². The van der Waals surface area contributed by atoms with Gasteiger partial charge in [-0.3, -0.25) is 10.1 Å². The Morgan fingerprint density at radius 3 is 2.45 bits per heavy atom. The van der Waals surface area contributed by atoms with Crippen LogP contribution in [0.1, 0.15) is 25.8 Å². The van der Waals surface area contributed by atoms with Gasteiger partial charge in [0, 0.05) is 16.6 Å². The second-order valence-corrected chi connectivity index (χ2v) is 6.84. The van der Waals surface area contributed by atoms with Crippen LogP contribution in [0.5, 0.6) is 0 Å². The number of imide groups is 1. The lowest BCUT2D eigenvalue weighted by Gasteiger charge is -2.14. The normalized spacial score (nSPS) is 12.0. The molecule has 0 fully saturated rings. The molecule has 0 aliphatic carbocycles. The second-order valence-electron chi connectivity index (χ2n) is 5.92. The average Bonchev–Trinajstić information content (AvgIpc) is 2.40. The number of amides is 3. The molecule has 1 atom stereocenters. The number of halogens is 1. The van der Waals surface area contributed by atoms with Crippen molar-refractivity contribution in [3.05, 3.63) is 34.3 Å². The van der Waals surface area contributed by atoms with Gasteiger partial charge >= 0.3 is 6.03 Å². The third-order valence-corrected chi connectivity index (χ3v) is 3.67. The van der Waals surface area contributed by atoms with Gasteiger partial charge in [0.05, 0.1) is 7.05 Å². The second kappa shape index (κ2) is 9.58. The van der Waals surface area contributed by atoms with Crippen LogP contribution in [-0.2, 0) is 11.3 Å². The fraction of sp³-hybridized carbons (Fsp3) is 0.500. The van der Waals surface area contributed by atoms with Crippen molar-refractivity contribution in [3.63, 3.8) is 0 Å². The van der Waals surface area contributed by atoms with Crippen molar-refractivity contribution in [2.45, 2.75) is 26.8 Å². The summed E-state index contributed by atoms with van der Waals surface area (Å²) in [4.78, 5) is 24.4. The number of nitrogens with one attached hydrogen (secondary N) is 3. The maximum absolute atomic E-state index is 11.8. The van der Waals surface area contributed by atoms with Crippen LogP contribution in [0.25, 0.3) is 0 Å². The summed E-state index contributed by atoms with van der Waals surface area (Å²) in [5, 5.41) is 5.05. The summed E-state index contributed by atoms with van der Waals surface area (Å²) >= 11 is 3.39. The zero-order valence-electron chi connectivity index (χ0n) is 13.4. The Balaban J connectivity index is 2.28. The zero-order chi connectivity index (χ0) is 16.5. The van der Waals surface area contributed by atoms with E-state index >= 15 is 0 Å². The molecule has 22 heavy (non-hydrogen) atoms. The average molecular weight is 371 g/mol. The van der Waals surface area contributed by atoms with E-state index in [4.69, 9.17) is 0 Å². The summed E-state index contributed by atoms with van der Waals surface area (Å²) in [7, 11) is 1.93. The summed E-state index contributed by atoms with van der Waals surface area (Å²) in [5.74, 6) is 0.258. The molecular formula is C16H25BrN3O2+. The fourth-order valence-corrected chi connectivity index (χ4v) is 2.24. The maximum atomic E-state index is 11.8. The number of hydrogen-bond donors (Lipinski definition) is 3. The van der Waals surface area contributed by atoms with Crippen LogP contribution >= 0.6 is 15.9 Å². The molecule has 0 aliphatic rings. The van der Waals surface area contributed by atoms with Crippen LogP contribution < -0.4 is 15.5 Å². The molecule has 1 aromatic carbocycles. The number of carbonyl (C=O) groups is 2. The highest BCUT2D eigenvalue weighted by molar-refractivity contribution is 9.10. The Labute approximate surface area is 140 Å². The first-order chi connectivity index (χ1) is 10.4. The summed E-state index contributed by atoms with van der Waals surface area (Å²) in [6, 6.07) is 7.58. The molecule has 0 spiro atoms. The lowest BCUT2D eigenvalue weighted by atomic mass is 10.1. The largest absolute Gasteiger partial charge is 0.338 e. The lowest BCUT2D eigenvalue weighted by Crippen LogP contribution is -3.09. The first-order valence-electron chi connectivity index (χ1n) is 7.50. The van der Waals surface area contributed by atoms with Gasteiger partial charge in [0.25, 0.3) is 5.91 Å². The Morgan fingerprint density at radius 1 is 1.23 bits per heavy atom. The van der Waals surface area contributed by atoms with E-state index in [1.807, 2.05) is 31.3 Å². The molecule has 6 heteroatoms. The third-order valence-electron chi connectivity index (χ3n) is 3.14. The van der Waals surface area contributed by atoms with Gasteiger partial charge < -0.3 is 10.2 Å².